The van der Waals surface area contributed by atoms with Crippen LogP contribution in [0.1, 0.15) is 24.8 Å². The van der Waals surface area contributed by atoms with E-state index in [1.54, 1.807) is 0 Å². The number of anilines is 1. The summed E-state index contributed by atoms with van der Waals surface area (Å²) in [5, 5.41) is 0.785. The number of hydrogen-bond donors (Lipinski definition) is 0. The molecule has 0 radical (unpaired) electrons. The fourth-order valence-electron chi connectivity index (χ4n) is 2.11. The molecule has 0 N–H and O–H groups in total. The van der Waals surface area contributed by atoms with Gasteiger partial charge in [0.2, 0.25) is 0 Å². The van der Waals surface area contributed by atoms with Gasteiger partial charge in [0.25, 0.3) is 0 Å². The highest BCUT2D eigenvalue weighted by molar-refractivity contribution is 6.32. The van der Waals surface area contributed by atoms with E-state index in [2.05, 4.69) is 11.0 Å². The highest BCUT2D eigenvalue weighted by Crippen LogP contribution is 2.30. The number of benzene rings is 1. The Morgan fingerprint density at radius 3 is 2.53 bits per heavy atom. The van der Waals surface area contributed by atoms with Crippen molar-refractivity contribution in [1.29, 1.82) is 0 Å². The third kappa shape index (κ3) is 2.40. The topological polar surface area (TPSA) is 3.24 Å². The predicted octanol–water partition coefficient (Wildman–Crippen LogP) is 4.07. The minimum absolute atomic E-state index is 0.492. The van der Waals surface area contributed by atoms with Gasteiger partial charge in [0.1, 0.15) is 0 Å². The van der Waals surface area contributed by atoms with Crippen molar-refractivity contribution in [1.82, 2.24) is 0 Å². The van der Waals surface area contributed by atoms with Crippen molar-refractivity contribution < 1.29 is 0 Å². The molecule has 1 heterocycles. The van der Waals surface area contributed by atoms with Gasteiger partial charge in [-0.3, -0.25) is 0 Å². The molecule has 15 heavy (non-hydrogen) atoms. The van der Waals surface area contributed by atoms with Crippen molar-refractivity contribution in [2.45, 2.75) is 25.1 Å². The molecule has 1 aliphatic heterocycles. The number of rotatable bonds is 2. The Hall–Kier alpha value is -0.400. The molecule has 3 heteroatoms. The average Bonchev–Trinajstić information content (AvgIpc) is 2.30. The maximum absolute atomic E-state index is 6.14. The molecule has 0 unspecified atom stereocenters. The second-order valence-corrected chi connectivity index (χ2v) is 4.59. The van der Waals surface area contributed by atoms with Crippen molar-refractivity contribution in [3.63, 3.8) is 0 Å². The van der Waals surface area contributed by atoms with Crippen LogP contribution in [0.2, 0.25) is 5.02 Å². The van der Waals surface area contributed by atoms with Crippen molar-refractivity contribution in [3.05, 3.63) is 28.8 Å². The second kappa shape index (κ2) is 5.09. The van der Waals surface area contributed by atoms with Crippen LogP contribution in [0, 0.1) is 0 Å². The van der Waals surface area contributed by atoms with Crippen molar-refractivity contribution in [2.75, 3.05) is 18.0 Å². The molecule has 1 aromatic rings. The van der Waals surface area contributed by atoms with Gasteiger partial charge in [-0.15, -0.1) is 11.6 Å². The molecular formula is C12H15Cl2N. The van der Waals surface area contributed by atoms with E-state index < -0.39 is 0 Å². The summed E-state index contributed by atoms with van der Waals surface area (Å²) in [5.74, 6) is 0.492. The molecule has 0 aliphatic carbocycles. The first kappa shape index (κ1) is 11.1. The zero-order valence-corrected chi connectivity index (χ0v) is 10.2. The van der Waals surface area contributed by atoms with Gasteiger partial charge in [0.15, 0.2) is 0 Å². The third-order valence-electron chi connectivity index (χ3n) is 2.92. The lowest BCUT2D eigenvalue weighted by Gasteiger charge is -2.30. The standard InChI is InChI=1S/C12H15Cl2N/c13-9-10-11(14)5-4-6-12(10)15-7-2-1-3-8-15/h4-6H,1-3,7-9H2. The molecule has 82 valence electrons. The molecule has 0 atom stereocenters. The fourth-order valence-corrected chi connectivity index (χ4v) is 2.70. The van der Waals surface area contributed by atoms with Gasteiger partial charge in [-0.2, -0.15) is 0 Å². The number of hydrogen-bond acceptors (Lipinski definition) is 1. The summed E-state index contributed by atoms with van der Waals surface area (Å²) in [7, 11) is 0. The molecule has 1 aromatic carbocycles. The van der Waals surface area contributed by atoms with Gasteiger partial charge in [0, 0.05) is 29.4 Å². The van der Waals surface area contributed by atoms with Crippen LogP contribution in [0.3, 0.4) is 0 Å². The van der Waals surface area contributed by atoms with Gasteiger partial charge < -0.3 is 4.90 Å². The smallest absolute Gasteiger partial charge is 0.0509 e. The molecule has 0 aromatic heterocycles. The summed E-state index contributed by atoms with van der Waals surface area (Å²) in [5.41, 5.74) is 2.29. The zero-order valence-electron chi connectivity index (χ0n) is 8.68. The molecule has 2 rings (SSSR count). The Morgan fingerprint density at radius 1 is 1.13 bits per heavy atom. The van der Waals surface area contributed by atoms with Crippen molar-refractivity contribution in [2.24, 2.45) is 0 Å². The van der Waals surface area contributed by atoms with E-state index in [-0.39, 0.29) is 0 Å². The van der Waals surface area contributed by atoms with E-state index in [4.69, 9.17) is 23.2 Å². The number of piperidine rings is 1. The van der Waals surface area contributed by atoms with Gasteiger partial charge in [0.05, 0.1) is 5.88 Å². The summed E-state index contributed by atoms with van der Waals surface area (Å²) in [6.07, 6.45) is 3.88. The Kier molecular flexibility index (Phi) is 3.76. The number of alkyl halides is 1. The van der Waals surface area contributed by atoms with Crippen LogP contribution in [0.15, 0.2) is 18.2 Å². The van der Waals surface area contributed by atoms with E-state index in [1.807, 2.05) is 12.1 Å². The van der Waals surface area contributed by atoms with Crippen LogP contribution in [-0.2, 0) is 5.88 Å². The average molecular weight is 244 g/mol. The largest absolute Gasteiger partial charge is 0.371 e. The minimum atomic E-state index is 0.492. The first-order valence-electron chi connectivity index (χ1n) is 5.41. The Labute approximate surface area is 101 Å². The summed E-state index contributed by atoms with van der Waals surface area (Å²) in [6, 6.07) is 6.03. The summed E-state index contributed by atoms with van der Waals surface area (Å²) >= 11 is 12.1. The summed E-state index contributed by atoms with van der Waals surface area (Å²) in [4.78, 5) is 2.40. The second-order valence-electron chi connectivity index (χ2n) is 3.92. The lowest BCUT2D eigenvalue weighted by Crippen LogP contribution is -2.30. The molecule has 0 amide bonds. The molecular weight excluding hydrogens is 229 g/mol. The number of nitrogens with zero attached hydrogens (tertiary/aromatic N) is 1. The van der Waals surface area contributed by atoms with Gasteiger partial charge in [-0.05, 0) is 31.4 Å². The molecule has 0 saturated carbocycles. The van der Waals surface area contributed by atoms with Gasteiger partial charge in [-0.1, -0.05) is 17.7 Å². The Bertz CT molecular complexity index is 332. The van der Waals surface area contributed by atoms with E-state index in [0.717, 1.165) is 23.7 Å². The van der Waals surface area contributed by atoms with Crippen molar-refractivity contribution >= 4 is 28.9 Å². The quantitative estimate of drug-likeness (QED) is 0.709. The molecule has 0 bridgehead atoms. The molecule has 1 aliphatic rings. The monoisotopic (exact) mass is 243 g/mol. The van der Waals surface area contributed by atoms with Gasteiger partial charge >= 0.3 is 0 Å². The zero-order chi connectivity index (χ0) is 10.7. The van der Waals surface area contributed by atoms with E-state index in [1.165, 1.54) is 24.9 Å². The first-order valence-corrected chi connectivity index (χ1v) is 6.32. The third-order valence-corrected chi connectivity index (χ3v) is 3.55. The Balaban J connectivity index is 2.29. The Morgan fingerprint density at radius 2 is 1.87 bits per heavy atom. The minimum Gasteiger partial charge on any atom is -0.371 e. The molecule has 1 saturated heterocycles. The predicted molar refractivity (Wildman–Crippen MR) is 67.1 cm³/mol. The highest BCUT2D eigenvalue weighted by atomic mass is 35.5. The van der Waals surface area contributed by atoms with Gasteiger partial charge in [-0.25, -0.2) is 0 Å². The summed E-state index contributed by atoms with van der Waals surface area (Å²) < 4.78 is 0. The van der Waals surface area contributed by atoms with Crippen LogP contribution >= 0.6 is 23.2 Å². The number of halogens is 2. The van der Waals surface area contributed by atoms with E-state index in [0.29, 0.717) is 5.88 Å². The normalized spacial score (nSPS) is 16.8. The SMILES string of the molecule is ClCc1c(Cl)cccc1N1CCCCC1. The van der Waals surface area contributed by atoms with Crippen LogP contribution in [0.25, 0.3) is 0 Å². The lowest BCUT2D eigenvalue weighted by atomic mass is 10.1. The van der Waals surface area contributed by atoms with Crippen LogP contribution in [0.4, 0.5) is 5.69 Å². The first-order chi connectivity index (χ1) is 7.33. The van der Waals surface area contributed by atoms with Crippen molar-refractivity contribution in [3.8, 4) is 0 Å². The molecule has 0 spiro atoms. The maximum Gasteiger partial charge on any atom is 0.0509 e. The van der Waals surface area contributed by atoms with Crippen LogP contribution < -0.4 is 4.90 Å². The fraction of sp³-hybridized carbons (Fsp3) is 0.500. The summed E-state index contributed by atoms with van der Waals surface area (Å²) in [6.45, 7) is 2.26. The van der Waals surface area contributed by atoms with E-state index in [9.17, 15) is 0 Å². The lowest BCUT2D eigenvalue weighted by molar-refractivity contribution is 0.577. The van der Waals surface area contributed by atoms with E-state index >= 15 is 0 Å². The van der Waals surface area contributed by atoms with Crippen LogP contribution in [-0.4, -0.2) is 13.1 Å². The molecule has 1 fully saturated rings. The highest BCUT2D eigenvalue weighted by Gasteiger charge is 2.15. The molecule has 1 nitrogen and oxygen atoms in total. The maximum atomic E-state index is 6.14. The van der Waals surface area contributed by atoms with Crippen LogP contribution in [0.5, 0.6) is 0 Å².